The number of anilines is 1. The second kappa shape index (κ2) is 4.63. The van der Waals surface area contributed by atoms with Crippen molar-refractivity contribution in [1.82, 2.24) is 0 Å². The molecule has 0 bridgehead atoms. The molecule has 0 aliphatic rings. The first-order valence-electron chi connectivity index (χ1n) is 4.37. The molecule has 0 saturated carbocycles. The molecule has 0 amide bonds. The largest absolute Gasteiger partial charge is 0.478 e. The van der Waals surface area contributed by atoms with Crippen molar-refractivity contribution in [1.29, 1.82) is 0 Å². The van der Waals surface area contributed by atoms with Gasteiger partial charge in [0.25, 0.3) is 0 Å². The Hall–Kier alpha value is -0.780. The number of hydrogen-bond acceptors (Lipinski definition) is 2. The second-order valence-electron chi connectivity index (χ2n) is 3.08. The van der Waals surface area contributed by atoms with Crippen LogP contribution in [-0.4, -0.2) is 11.1 Å². The maximum atomic E-state index is 10.8. The van der Waals surface area contributed by atoms with Crippen LogP contribution in [0.4, 0.5) is 5.69 Å². The van der Waals surface area contributed by atoms with Crippen molar-refractivity contribution < 1.29 is 9.90 Å². The van der Waals surface area contributed by atoms with E-state index in [1.54, 1.807) is 6.07 Å². The fourth-order valence-corrected chi connectivity index (χ4v) is 2.01. The predicted octanol–water partition coefficient (Wildman–Crippen LogP) is 2.52. The third-order valence-corrected chi connectivity index (χ3v) is 2.60. The molecule has 0 fully saturated rings. The van der Waals surface area contributed by atoms with E-state index in [0.717, 1.165) is 22.0 Å². The van der Waals surface area contributed by atoms with Gasteiger partial charge in [0.15, 0.2) is 0 Å². The standard InChI is InChI=1S/C10H12INO2/c1-2-3-6-4-7(11)5-8(9(6)12)10(13)14/h4-5H,2-3,12H2,1H3,(H,13,14). The number of aryl methyl sites for hydroxylation is 1. The highest BCUT2D eigenvalue weighted by Gasteiger charge is 2.12. The third kappa shape index (κ3) is 2.37. The van der Waals surface area contributed by atoms with Crippen molar-refractivity contribution in [3.8, 4) is 0 Å². The maximum Gasteiger partial charge on any atom is 0.337 e. The number of aromatic carboxylic acids is 1. The Morgan fingerprint density at radius 2 is 2.21 bits per heavy atom. The van der Waals surface area contributed by atoms with E-state index in [-0.39, 0.29) is 5.56 Å². The normalized spacial score (nSPS) is 10.1. The van der Waals surface area contributed by atoms with Crippen molar-refractivity contribution in [2.45, 2.75) is 19.8 Å². The lowest BCUT2D eigenvalue weighted by Gasteiger charge is -2.08. The molecule has 76 valence electrons. The van der Waals surface area contributed by atoms with Gasteiger partial charge in [0.2, 0.25) is 0 Å². The zero-order chi connectivity index (χ0) is 10.7. The Kier molecular flexibility index (Phi) is 3.74. The van der Waals surface area contributed by atoms with E-state index in [1.807, 2.05) is 13.0 Å². The Morgan fingerprint density at radius 1 is 1.57 bits per heavy atom. The number of halogens is 1. The summed E-state index contributed by atoms with van der Waals surface area (Å²) in [6, 6.07) is 3.53. The van der Waals surface area contributed by atoms with E-state index in [0.29, 0.717) is 5.69 Å². The van der Waals surface area contributed by atoms with Crippen LogP contribution in [0.25, 0.3) is 0 Å². The molecule has 0 saturated heterocycles. The quantitative estimate of drug-likeness (QED) is 0.666. The van der Waals surface area contributed by atoms with Gasteiger partial charge in [0, 0.05) is 9.26 Å². The number of nitrogen functional groups attached to an aromatic ring is 1. The van der Waals surface area contributed by atoms with Gasteiger partial charge in [-0.05, 0) is 46.7 Å². The summed E-state index contributed by atoms with van der Waals surface area (Å²) in [5.74, 6) is -0.960. The lowest BCUT2D eigenvalue weighted by molar-refractivity contribution is 0.0698. The van der Waals surface area contributed by atoms with Gasteiger partial charge in [0.1, 0.15) is 0 Å². The van der Waals surface area contributed by atoms with Crippen molar-refractivity contribution in [2.24, 2.45) is 0 Å². The smallest absolute Gasteiger partial charge is 0.337 e. The van der Waals surface area contributed by atoms with Crippen LogP contribution in [0.5, 0.6) is 0 Å². The van der Waals surface area contributed by atoms with Gasteiger partial charge in [-0.2, -0.15) is 0 Å². The van der Waals surface area contributed by atoms with Crippen LogP contribution in [0.15, 0.2) is 12.1 Å². The SMILES string of the molecule is CCCc1cc(I)cc(C(=O)O)c1N. The average Bonchev–Trinajstić information content (AvgIpc) is 2.10. The summed E-state index contributed by atoms with van der Waals surface area (Å²) in [4.78, 5) is 10.8. The van der Waals surface area contributed by atoms with Crippen molar-refractivity contribution in [2.75, 3.05) is 5.73 Å². The number of carboxylic acids is 1. The van der Waals surface area contributed by atoms with Gasteiger partial charge in [0.05, 0.1) is 5.56 Å². The van der Waals surface area contributed by atoms with Crippen molar-refractivity contribution in [3.63, 3.8) is 0 Å². The molecule has 0 aliphatic heterocycles. The van der Waals surface area contributed by atoms with Gasteiger partial charge < -0.3 is 10.8 Å². The van der Waals surface area contributed by atoms with Crippen molar-refractivity contribution in [3.05, 3.63) is 26.8 Å². The first-order valence-corrected chi connectivity index (χ1v) is 5.45. The molecule has 14 heavy (non-hydrogen) atoms. The van der Waals surface area contributed by atoms with E-state index in [4.69, 9.17) is 10.8 Å². The van der Waals surface area contributed by atoms with Crippen LogP contribution in [0.3, 0.4) is 0 Å². The third-order valence-electron chi connectivity index (χ3n) is 1.98. The molecule has 0 aliphatic carbocycles. The van der Waals surface area contributed by atoms with Crippen LogP contribution >= 0.6 is 22.6 Å². The number of nitrogens with two attached hydrogens (primary N) is 1. The molecule has 0 heterocycles. The maximum absolute atomic E-state index is 10.8. The molecule has 0 atom stereocenters. The molecule has 4 heteroatoms. The molecule has 3 nitrogen and oxygen atoms in total. The summed E-state index contributed by atoms with van der Waals surface area (Å²) in [7, 11) is 0. The van der Waals surface area contributed by atoms with E-state index in [2.05, 4.69) is 22.6 Å². The Morgan fingerprint density at radius 3 is 2.71 bits per heavy atom. The van der Waals surface area contributed by atoms with Gasteiger partial charge in [-0.15, -0.1) is 0 Å². The van der Waals surface area contributed by atoms with E-state index < -0.39 is 5.97 Å². The molecule has 0 radical (unpaired) electrons. The number of benzene rings is 1. The summed E-state index contributed by atoms with van der Waals surface area (Å²) in [5, 5.41) is 8.90. The number of rotatable bonds is 3. The summed E-state index contributed by atoms with van der Waals surface area (Å²) in [5.41, 5.74) is 7.29. The molecule has 1 rings (SSSR count). The molecule has 0 aromatic heterocycles. The van der Waals surface area contributed by atoms with Crippen molar-refractivity contribution >= 4 is 34.2 Å². The van der Waals surface area contributed by atoms with Crippen LogP contribution in [-0.2, 0) is 6.42 Å². The monoisotopic (exact) mass is 305 g/mol. The zero-order valence-corrected chi connectivity index (χ0v) is 10.0. The summed E-state index contributed by atoms with van der Waals surface area (Å²) in [6.07, 6.45) is 1.78. The lowest BCUT2D eigenvalue weighted by Crippen LogP contribution is -2.06. The Balaban J connectivity index is 3.24. The van der Waals surface area contributed by atoms with Crippen LogP contribution in [0, 0.1) is 3.57 Å². The van der Waals surface area contributed by atoms with Gasteiger partial charge in [-0.25, -0.2) is 4.79 Å². The lowest BCUT2D eigenvalue weighted by atomic mass is 10.0. The minimum atomic E-state index is -0.960. The van der Waals surface area contributed by atoms with Crippen LogP contribution < -0.4 is 5.73 Å². The summed E-state index contributed by atoms with van der Waals surface area (Å²) in [6.45, 7) is 2.04. The van der Waals surface area contributed by atoms with Gasteiger partial charge in [-0.1, -0.05) is 13.3 Å². The molecular formula is C10H12INO2. The van der Waals surface area contributed by atoms with E-state index in [9.17, 15) is 4.79 Å². The molecule has 1 aromatic rings. The van der Waals surface area contributed by atoms with Crippen LogP contribution in [0.2, 0.25) is 0 Å². The van der Waals surface area contributed by atoms with E-state index >= 15 is 0 Å². The highest BCUT2D eigenvalue weighted by atomic mass is 127. The highest BCUT2D eigenvalue weighted by Crippen LogP contribution is 2.22. The van der Waals surface area contributed by atoms with E-state index in [1.165, 1.54) is 0 Å². The van der Waals surface area contributed by atoms with Gasteiger partial charge in [-0.3, -0.25) is 0 Å². The molecule has 3 N–H and O–H groups in total. The fourth-order valence-electron chi connectivity index (χ4n) is 1.33. The zero-order valence-electron chi connectivity index (χ0n) is 7.88. The number of carboxylic acid groups (broad SMARTS) is 1. The molecule has 0 unspecified atom stereocenters. The summed E-state index contributed by atoms with van der Waals surface area (Å²) >= 11 is 2.10. The number of hydrogen-bond donors (Lipinski definition) is 2. The minimum Gasteiger partial charge on any atom is -0.478 e. The predicted molar refractivity (Wildman–Crippen MR) is 64.5 cm³/mol. The van der Waals surface area contributed by atoms with Gasteiger partial charge >= 0.3 is 5.97 Å². The fraction of sp³-hybridized carbons (Fsp3) is 0.300. The topological polar surface area (TPSA) is 63.3 Å². The van der Waals surface area contributed by atoms with Crippen LogP contribution in [0.1, 0.15) is 29.3 Å². The first-order chi connectivity index (χ1) is 6.56. The minimum absolute atomic E-state index is 0.209. The number of carbonyl (C=O) groups is 1. The molecule has 0 spiro atoms. The average molecular weight is 305 g/mol. The second-order valence-corrected chi connectivity index (χ2v) is 4.33. The Labute approximate surface area is 96.4 Å². The highest BCUT2D eigenvalue weighted by molar-refractivity contribution is 14.1. The molecular weight excluding hydrogens is 293 g/mol. The first kappa shape index (κ1) is 11.3. The Bertz CT molecular complexity index is 363. The summed E-state index contributed by atoms with van der Waals surface area (Å²) < 4.78 is 0.914. The molecule has 1 aromatic carbocycles.